The summed E-state index contributed by atoms with van der Waals surface area (Å²) in [6.07, 6.45) is 1.55. The monoisotopic (exact) mass is 488 g/mol. The number of carbonyl (C=O) groups excluding carboxylic acids is 3. The van der Waals surface area contributed by atoms with Crippen LogP contribution in [0.5, 0.6) is 17.2 Å². The van der Waals surface area contributed by atoms with Crippen molar-refractivity contribution in [1.29, 1.82) is 0 Å². The standard InChI is InChI=1S/C22H24N4O7S/c1-5-32-22(29)16-12(2)18(19(23)27)34-21(16)24-20(28)13-9-10-26(25-13)11-33-17-14(30-3)7-6-8-15(17)31-4/h6-10H,5,11H2,1-4H3,(H2,23,27)(H,24,28). The molecule has 0 radical (unpaired) electrons. The highest BCUT2D eigenvalue weighted by Crippen LogP contribution is 2.37. The number of nitrogens with one attached hydrogen (secondary N) is 1. The number of thiophene rings is 1. The fraction of sp³-hybridized carbons (Fsp3) is 0.273. The van der Waals surface area contributed by atoms with Gasteiger partial charge in [-0.25, -0.2) is 9.48 Å². The van der Waals surface area contributed by atoms with Crippen LogP contribution in [0, 0.1) is 6.92 Å². The van der Waals surface area contributed by atoms with E-state index in [4.69, 9.17) is 24.7 Å². The summed E-state index contributed by atoms with van der Waals surface area (Å²) in [5.41, 5.74) is 5.89. The smallest absolute Gasteiger partial charge is 0.341 e. The average Bonchev–Trinajstić information content (AvgIpc) is 3.42. The van der Waals surface area contributed by atoms with Crippen LogP contribution in [0.2, 0.25) is 0 Å². The predicted molar refractivity (Wildman–Crippen MR) is 124 cm³/mol. The molecular formula is C22H24N4O7S. The number of nitrogens with two attached hydrogens (primary N) is 1. The third-order valence-electron chi connectivity index (χ3n) is 4.67. The van der Waals surface area contributed by atoms with Crippen molar-refractivity contribution < 1.29 is 33.3 Å². The minimum absolute atomic E-state index is 0.0258. The van der Waals surface area contributed by atoms with E-state index in [1.54, 1.807) is 38.2 Å². The number of nitrogens with zero attached hydrogens (tertiary/aromatic N) is 2. The normalized spacial score (nSPS) is 10.5. The summed E-state index contributed by atoms with van der Waals surface area (Å²) in [7, 11) is 3.02. The summed E-state index contributed by atoms with van der Waals surface area (Å²) in [5.74, 6) is -0.605. The van der Waals surface area contributed by atoms with Crippen molar-refractivity contribution in [1.82, 2.24) is 9.78 Å². The van der Waals surface area contributed by atoms with Gasteiger partial charge in [-0.15, -0.1) is 11.3 Å². The van der Waals surface area contributed by atoms with Gasteiger partial charge in [-0.1, -0.05) is 6.07 Å². The molecule has 0 saturated carbocycles. The molecule has 12 heteroatoms. The van der Waals surface area contributed by atoms with E-state index in [0.717, 1.165) is 11.3 Å². The Morgan fingerprint density at radius 1 is 1.15 bits per heavy atom. The second-order valence-electron chi connectivity index (χ2n) is 6.80. The number of benzene rings is 1. The highest BCUT2D eigenvalue weighted by Gasteiger charge is 2.26. The molecule has 1 aromatic carbocycles. The zero-order valence-electron chi connectivity index (χ0n) is 19.0. The lowest BCUT2D eigenvalue weighted by Crippen LogP contribution is -2.16. The Hall–Kier alpha value is -4.06. The van der Waals surface area contributed by atoms with Crippen molar-refractivity contribution in [2.24, 2.45) is 5.73 Å². The van der Waals surface area contributed by atoms with Crippen LogP contribution in [-0.4, -0.2) is 48.4 Å². The fourth-order valence-corrected chi connectivity index (χ4v) is 4.14. The Balaban J connectivity index is 1.78. The largest absolute Gasteiger partial charge is 0.493 e. The Morgan fingerprint density at radius 3 is 2.41 bits per heavy atom. The molecular weight excluding hydrogens is 464 g/mol. The molecule has 180 valence electrons. The van der Waals surface area contributed by atoms with Gasteiger partial charge in [0.25, 0.3) is 11.8 Å². The lowest BCUT2D eigenvalue weighted by molar-refractivity contribution is 0.0527. The summed E-state index contributed by atoms with van der Waals surface area (Å²) in [6.45, 7) is 3.33. The number of primary amides is 1. The summed E-state index contributed by atoms with van der Waals surface area (Å²) in [4.78, 5) is 37.1. The maximum absolute atomic E-state index is 12.8. The average molecular weight is 489 g/mol. The number of esters is 1. The summed E-state index contributed by atoms with van der Waals surface area (Å²) < 4.78 is 22.8. The highest BCUT2D eigenvalue weighted by atomic mass is 32.1. The molecule has 3 rings (SSSR count). The number of rotatable bonds is 10. The number of methoxy groups -OCH3 is 2. The fourth-order valence-electron chi connectivity index (χ4n) is 3.10. The zero-order valence-corrected chi connectivity index (χ0v) is 19.9. The van der Waals surface area contributed by atoms with Crippen LogP contribution in [0.4, 0.5) is 5.00 Å². The second-order valence-corrected chi connectivity index (χ2v) is 7.83. The molecule has 11 nitrogen and oxygen atoms in total. The molecule has 3 N–H and O–H groups in total. The SMILES string of the molecule is CCOC(=O)c1c(NC(=O)c2ccn(COc3c(OC)cccc3OC)n2)sc(C(N)=O)c1C. The minimum atomic E-state index is -0.707. The topological polar surface area (TPSA) is 144 Å². The maximum atomic E-state index is 12.8. The van der Waals surface area contributed by atoms with Crippen molar-refractivity contribution in [3.05, 3.63) is 52.2 Å². The zero-order chi connectivity index (χ0) is 24.8. The van der Waals surface area contributed by atoms with Crippen LogP contribution in [0.25, 0.3) is 0 Å². The molecule has 0 aliphatic carbocycles. The van der Waals surface area contributed by atoms with E-state index in [-0.39, 0.29) is 34.5 Å². The molecule has 0 bridgehead atoms. The molecule has 0 fully saturated rings. The molecule has 2 heterocycles. The second kappa shape index (κ2) is 10.7. The third kappa shape index (κ3) is 5.12. The van der Waals surface area contributed by atoms with Gasteiger partial charge < -0.3 is 30.0 Å². The van der Waals surface area contributed by atoms with Crippen LogP contribution in [0.1, 0.15) is 43.0 Å². The third-order valence-corrected chi connectivity index (χ3v) is 5.90. The van der Waals surface area contributed by atoms with E-state index < -0.39 is 17.8 Å². The molecule has 0 aliphatic rings. The van der Waals surface area contributed by atoms with Gasteiger partial charge in [0.1, 0.15) is 5.00 Å². The predicted octanol–water partition coefficient (Wildman–Crippen LogP) is 2.83. The number of hydrogen-bond donors (Lipinski definition) is 2. The highest BCUT2D eigenvalue weighted by molar-refractivity contribution is 7.18. The first-order valence-electron chi connectivity index (χ1n) is 10.1. The van der Waals surface area contributed by atoms with Gasteiger partial charge in [-0.3, -0.25) is 9.59 Å². The number of ether oxygens (including phenoxy) is 4. The maximum Gasteiger partial charge on any atom is 0.341 e. The van der Waals surface area contributed by atoms with Gasteiger partial charge >= 0.3 is 5.97 Å². The molecule has 2 aromatic heterocycles. The van der Waals surface area contributed by atoms with E-state index in [1.165, 1.54) is 25.0 Å². The number of carbonyl (C=O) groups is 3. The summed E-state index contributed by atoms with van der Waals surface area (Å²) in [5, 5.41) is 6.97. The van der Waals surface area contributed by atoms with Gasteiger partial charge in [-0.2, -0.15) is 5.10 Å². The summed E-state index contributed by atoms with van der Waals surface area (Å²) >= 11 is 0.900. The van der Waals surface area contributed by atoms with E-state index in [1.807, 2.05) is 0 Å². The number of para-hydroxylation sites is 1. The lowest BCUT2D eigenvalue weighted by Gasteiger charge is -2.13. The van der Waals surface area contributed by atoms with Crippen molar-refractivity contribution in [2.75, 3.05) is 26.1 Å². The minimum Gasteiger partial charge on any atom is -0.493 e. The van der Waals surface area contributed by atoms with E-state index in [9.17, 15) is 14.4 Å². The van der Waals surface area contributed by atoms with Gasteiger partial charge in [0.15, 0.2) is 23.9 Å². The van der Waals surface area contributed by atoms with E-state index in [2.05, 4.69) is 10.4 Å². The molecule has 0 atom stereocenters. The molecule has 0 unspecified atom stereocenters. The van der Waals surface area contributed by atoms with Crippen molar-refractivity contribution in [2.45, 2.75) is 20.6 Å². The van der Waals surface area contributed by atoms with Crippen LogP contribution in [0.3, 0.4) is 0 Å². The quantitative estimate of drug-likeness (QED) is 0.415. The number of aromatic nitrogens is 2. The number of amides is 2. The molecule has 0 aliphatic heterocycles. The first kappa shape index (κ1) is 24.6. The van der Waals surface area contributed by atoms with Crippen LogP contribution in [-0.2, 0) is 11.5 Å². The molecule has 0 spiro atoms. The van der Waals surface area contributed by atoms with Gasteiger partial charge in [0.05, 0.1) is 31.3 Å². The summed E-state index contributed by atoms with van der Waals surface area (Å²) in [6, 6.07) is 6.70. The van der Waals surface area contributed by atoms with E-state index in [0.29, 0.717) is 22.8 Å². The number of hydrogen-bond acceptors (Lipinski definition) is 9. The Bertz CT molecular complexity index is 1200. The Labute approximate surface area is 199 Å². The molecule has 3 aromatic rings. The van der Waals surface area contributed by atoms with Gasteiger partial charge in [-0.05, 0) is 37.6 Å². The van der Waals surface area contributed by atoms with E-state index >= 15 is 0 Å². The molecule has 2 amide bonds. The van der Waals surface area contributed by atoms with Crippen molar-refractivity contribution in [3.8, 4) is 17.2 Å². The van der Waals surface area contributed by atoms with Crippen molar-refractivity contribution >= 4 is 34.1 Å². The Morgan fingerprint density at radius 2 is 1.82 bits per heavy atom. The van der Waals surface area contributed by atoms with Gasteiger partial charge in [0.2, 0.25) is 5.75 Å². The number of anilines is 1. The lowest BCUT2D eigenvalue weighted by atomic mass is 10.1. The first-order valence-corrected chi connectivity index (χ1v) is 10.9. The first-order chi connectivity index (χ1) is 16.3. The molecule has 34 heavy (non-hydrogen) atoms. The molecule has 0 saturated heterocycles. The van der Waals surface area contributed by atoms with Crippen molar-refractivity contribution in [3.63, 3.8) is 0 Å². The van der Waals surface area contributed by atoms with Crippen LogP contribution >= 0.6 is 11.3 Å². The van der Waals surface area contributed by atoms with Crippen LogP contribution < -0.4 is 25.3 Å². The van der Waals surface area contributed by atoms with Gasteiger partial charge in [0, 0.05) is 6.20 Å². The Kier molecular flexibility index (Phi) is 7.74. The van der Waals surface area contributed by atoms with Crippen LogP contribution in [0.15, 0.2) is 30.5 Å².